The predicted molar refractivity (Wildman–Crippen MR) is 116 cm³/mol. The van der Waals surface area contributed by atoms with Crippen molar-refractivity contribution in [1.29, 1.82) is 0 Å². The van der Waals surface area contributed by atoms with Crippen molar-refractivity contribution >= 4 is 35.1 Å². The van der Waals surface area contributed by atoms with Crippen LogP contribution in [-0.4, -0.2) is 38.5 Å². The molecule has 0 heterocycles. The van der Waals surface area contributed by atoms with Gasteiger partial charge in [-0.25, -0.2) is 0 Å². The van der Waals surface area contributed by atoms with E-state index in [-0.39, 0.29) is 11.3 Å². The highest BCUT2D eigenvalue weighted by Crippen LogP contribution is 2.48. The van der Waals surface area contributed by atoms with E-state index in [1.807, 2.05) is 18.2 Å². The van der Waals surface area contributed by atoms with Crippen molar-refractivity contribution in [3.05, 3.63) is 69.7 Å². The number of benzene rings is 2. The first-order valence-corrected chi connectivity index (χ1v) is 10.0. The van der Waals surface area contributed by atoms with Crippen LogP contribution in [0.25, 0.3) is 0 Å². The minimum Gasteiger partial charge on any atom is -0.356 e. The van der Waals surface area contributed by atoms with Crippen molar-refractivity contribution < 1.29 is 4.79 Å². The maximum absolute atomic E-state index is 12.1. The zero-order chi connectivity index (χ0) is 20.0. The molecule has 2 aromatic rings. The lowest BCUT2D eigenvalue weighted by molar-refractivity contribution is 0.0954. The van der Waals surface area contributed by atoms with Gasteiger partial charge in [-0.15, -0.1) is 0 Å². The minimum atomic E-state index is -0.187. The standard InChI is InChI=1S/C21H24Cl2N4O/c1-24-20(26-12-11-25-19(28)17-7-2-3-8-18(17)23)27-14-21(9-10-21)15-5-4-6-16(22)13-15/h2-8,13H,9-12,14H2,1H3,(H,25,28)(H2,24,26,27). The molecule has 1 aliphatic rings. The number of rotatable bonds is 7. The number of aliphatic imine (C=N–C) groups is 1. The van der Waals surface area contributed by atoms with Crippen molar-refractivity contribution in [2.75, 3.05) is 26.7 Å². The predicted octanol–water partition coefficient (Wildman–Crippen LogP) is 3.62. The van der Waals surface area contributed by atoms with Gasteiger partial charge in [-0.05, 0) is 42.7 Å². The Hall–Kier alpha value is -2.24. The van der Waals surface area contributed by atoms with Gasteiger partial charge in [-0.3, -0.25) is 9.79 Å². The van der Waals surface area contributed by atoms with Crippen LogP contribution in [-0.2, 0) is 5.41 Å². The molecule has 1 amide bonds. The second-order valence-electron chi connectivity index (χ2n) is 6.88. The molecule has 0 saturated heterocycles. The summed E-state index contributed by atoms with van der Waals surface area (Å²) in [6.07, 6.45) is 2.26. The van der Waals surface area contributed by atoms with Crippen LogP contribution in [0.2, 0.25) is 10.0 Å². The Bertz CT molecular complexity index is 865. The topological polar surface area (TPSA) is 65.5 Å². The summed E-state index contributed by atoms with van der Waals surface area (Å²) < 4.78 is 0. The lowest BCUT2D eigenvalue weighted by atomic mass is 9.96. The van der Waals surface area contributed by atoms with Gasteiger partial charge in [-0.1, -0.05) is 47.5 Å². The van der Waals surface area contributed by atoms with E-state index in [1.54, 1.807) is 31.3 Å². The number of carbonyl (C=O) groups is 1. The van der Waals surface area contributed by atoms with Crippen molar-refractivity contribution in [3.8, 4) is 0 Å². The molecule has 1 fully saturated rings. The van der Waals surface area contributed by atoms with E-state index >= 15 is 0 Å². The van der Waals surface area contributed by atoms with Gasteiger partial charge in [0.15, 0.2) is 5.96 Å². The fourth-order valence-corrected chi connectivity index (χ4v) is 3.52. The van der Waals surface area contributed by atoms with Gasteiger partial charge < -0.3 is 16.0 Å². The summed E-state index contributed by atoms with van der Waals surface area (Å²) in [5.41, 5.74) is 1.86. The van der Waals surface area contributed by atoms with Crippen LogP contribution in [0.5, 0.6) is 0 Å². The number of guanidine groups is 1. The molecule has 0 bridgehead atoms. The number of halogens is 2. The second-order valence-corrected chi connectivity index (χ2v) is 7.72. The third kappa shape index (κ3) is 5.18. The van der Waals surface area contributed by atoms with Crippen LogP contribution in [0.4, 0.5) is 0 Å². The Morgan fingerprint density at radius 2 is 1.79 bits per heavy atom. The van der Waals surface area contributed by atoms with E-state index in [2.05, 4.69) is 27.0 Å². The lowest BCUT2D eigenvalue weighted by Gasteiger charge is -2.19. The summed E-state index contributed by atoms with van der Waals surface area (Å²) in [6, 6.07) is 15.0. The van der Waals surface area contributed by atoms with E-state index in [9.17, 15) is 4.79 Å². The van der Waals surface area contributed by atoms with Gasteiger partial charge >= 0.3 is 0 Å². The SMILES string of the molecule is CN=C(NCCNC(=O)c1ccccc1Cl)NCC1(c2cccc(Cl)c2)CC1. The molecular formula is C21H24Cl2N4O. The van der Waals surface area contributed by atoms with E-state index in [0.717, 1.165) is 24.4 Å². The summed E-state index contributed by atoms with van der Waals surface area (Å²) in [5.74, 6) is 0.522. The average Bonchev–Trinajstić information content (AvgIpc) is 3.49. The highest BCUT2D eigenvalue weighted by molar-refractivity contribution is 6.33. The van der Waals surface area contributed by atoms with Gasteiger partial charge in [0.1, 0.15) is 0 Å². The maximum Gasteiger partial charge on any atom is 0.252 e. The quantitative estimate of drug-likeness (QED) is 0.365. The summed E-state index contributed by atoms with van der Waals surface area (Å²) in [4.78, 5) is 16.4. The second kappa shape index (κ2) is 9.30. The molecule has 3 rings (SSSR count). The Morgan fingerprint density at radius 1 is 1.04 bits per heavy atom. The summed E-state index contributed by atoms with van der Waals surface area (Å²) in [5, 5.41) is 10.7. The number of nitrogens with one attached hydrogen (secondary N) is 3. The van der Waals surface area contributed by atoms with Crippen LogP contribution in [0.1, 0.15) is 28.8 Å². The molecule has 1 saturated carbocycles. The van der Waals surface area contributed by atoms with Crippen molar-refractivity contribution in [2.45, 2.75) is 18.3 Å². The van der Waals surface area contributed by atoms with Crippen LogP contribution in [0, 0.1) is 0 Å². The molecule has 2 aromatic carbocycles. The number of carbonyl (C=O) groups excluding carboxylic acids is 1. The molecule has 0 aromatic heterocycles. The molecule has 5 nitrogen and oxygen atoms in total. The van der Waals surface area contributed by atoms with Gasteiger partial charge in [0.25, 0.3) is 5.91 Å². The molecule has 0 aliphatic heterocycles. The minimum absolute atomic E-state index is 0.126. The first-order chi connectivity index (χ1) is 13.5. The third-order valence-electron chi connectivity index (χ3n) is 4.93. The smallest absolute Gasteiger partial charge is 0.252 e. The number of amides is 1. The van der Waals surface area contributed by atoms with Gasteiger partial charge in [0.05, 0.1) is 10.6 Å². The Kier molecular flexibility index (Phi) is 6.81. The summed E-state index contributed by atoms with van der Waals surface area (Å²) in [6.45, 7) is 1.81. The molecular weight excluding hydrogens is 395 g/mol. The van der Waals surface area contributed by atoms with Crippen LogP contribution >= 0.6 is 23.2 Å². The van der Waals surface area contributed by atoms with Gasteiger partial charge in [-0.2, -0.15) is 0 Å². The molecule has 3 N–H and O–H groups in total. The first kappa shape index (κ1) is 20.5. The third-order valence-corrected chi connectivity index (χ3v) is 5.49. The maximum atomic E-state index is 12.1. The van der Waals surface area contributed by atoms with E-state index in [4.69, 9.17) is 23.2 Å². The summed E-state index contributed by atoms with van der Waals surface area (Å²) >= 11 is 12.2. The highest BCUT2D eigenvalue weighted by atomic mass is 35.5. The van der Waals surface area contributed by atoms with Crippen LogP contribution in [0.15, 0.2) is 53.5 Å². The molecule has 0 spiro atoms. The average molecular weight is 419 g/mol. The van der Waals surface area contributed by atoms with Gasteiger partial charge in [0.2, 0.25) is 0 Å². The molecule has 28 heavy (non-hydrogen) atoms. The number of nitrogens with zero attached hydrogens (tertiary/aromatic N) is 1. The number of hydrogen-bond acceptors (Lipinski definition) is 2. The normalized spacial score (nSPS) is 15.0. The summed E-state index contributed by atoms with van der Waals surface area (Å²) in [7, 11) is 1.73. The van der Waals surface area contributed by atoms with E-state index < -0.39 is 0 Å². The molecule has 7 heteroatoms. The van der Waals surface area contributed by atoms with Crippen LogP contribution in [0.3, 0.4) is 0 Å². The zero-order valence-electron chi connectivity index (χ0n) is 15.8. The van der Waals surface area contributed by atoms with Crippen molar-refractivity contribution in [1.82, 2.24) is 16.0 Å². The Balaban J connectivity index is 1.43. The van der Waals surface area contributed by atoms with E-state index in [1.165, 1.54) is 5.56 Å². The van der Waals surface area contributed by atoms with Crippen molar-refractivity contribution in [2.24, 2.45) is 4.99 Å². The van der Waals surface area contributed by atoms with E-state index in [0.29, 0.717) is 29.6 Å². The highest BCUT2D eigenvalue weighted by Gasteiger charge is 2.44. The zero-order valence-corrected chi connectivity index (χ0v) is 17.3. The monoisotopic (exact) mass is 418 g/mol. The fourth-order valence-electron chi connectivity index (χ4n) is 3.11. The van der Waals surface area contributed by atoms with Crippen LogP contribution < -0.4 is 16.0 Å². The van der Waals surface area contributed by atoms with Gasteiger partial charge in [0, 0.05) is 37.1 Å². The molecule has 1 aliphatic carbocycles. The fraction of sp³-hybridized carbons (Fsp3) is 0.333. The Morgan fingerprint density at radius 3 is 2.46 bits per heavy atom. The number of hydrogen-bond donors (Lipinski definition) is 3. The Labute approximate surface area is 175 Å². The first-order valence-electron chi connectivity index (χ1n) is 9.27. The molecule has 148 valence electrons. The van der Waals surface area contributed by atoms with Crippen molar-refractivity contribution in [3.63, 3.8) is 0 Å². The molecule has 0 unspecified atom stereocenters. The largest absolute Gasteiger partial charge is 0.356 e. The molecule has 0 atom stereocenters. The molecule has 0 radical (unpaired) electrons. The lowest BCUT2D eigenvalue weighted by Crippen LogP contribution is -2.44.